The predicted octanol–water partition coefficient (Wildman–Crippen LogP) is 3.04. The van der Waals surface area contributed by atoms with Gasteiger partial charge in [0, 0.05) is 42.1 Å². The summed E-state index contributed by atoms with van der Waals surface area (Å²) in [4.78, 5) is 14.3. The fourth-order valence-corrected chi connectivity index (χ4v) is 2.14. The van der Waals surface area contributed by atoms with Crippen molar-refractivity contribution in [3.8, 4) is 0 Å². The van der Waals surface area contributed by atoms with Crippen LogP contribution in [0.15, 0.2) is 47.2 Å². The first kappa shape index (κ1) is 13.6. The maximum atomic E-state index is 10.6. The van der Waals surface area contributed by atoms with Gasteiger partial charge in [0.05, 0.1) is 4.92 Å². The number of nitro groups is 1. The lowest BCUT2D eigenvalue weighted by atomic mass is 10.2. The SMILES string of the molecule is O=[N+]([O-])c1ccc(CNCc2cccnc2)c(Br)c1. The van der Waals surface area contributed by atoms with Gasteiger partial charge in [-0.1, -0.05) is 22.0 Å². The van der Waals surface area contributed by atoms with E-state index in [2.05, 4.69) is 26.2 Å². The summed E-state index contributed by atoms with van der Waals surface area (Å²) in [5, 5.41) is 13.9. The van der Waals surface area contributed by atoms with Gasteiger partial charge in [-0.2, -0.15) is 0 Å². The summed E-state index contributed by atoms with van der Waals surface area (Å²) in [6, 6.07) is 8.65. The zero-order valence-corrected chi connectivity index (χ0v) is 11.6. The van der Waals surface area contributed by atoms with E-state index in [1.165, 1.54) is 12.1 Å². The minimum Gasteiger partial charge on any atom is -0.309 e. The van der Waals surface area contributed by atoms with Gasteiger partial charge >= 0.3 is 0 Å². The van der Waals surface area contributed by atoms with E-state index in [1.54, 1.807) is 18.5 Å². The van der Waals surface area contributed by atoms with Crippen molar-refractivity contribution in [2.45, 2.75) is 13.1 Å². The quantitative estimate of drug-likeness (QED) is 0.679. The second kappa shape index (κ2) is 6.40. The van der Waals surface area contributed by atoms with E-state index in [-0.39, 0.29) is 5.69 Å². The number of benzene rings is 1. The van der Waals surface area contributed by atoms with Crippen LogP contribution in [0.2, 0.25) is 0 Å². The zero-order valence-electron chi connectivity index (χ0n) is 10.0. The maximum absolute atomic E-state index is 10.6. The minimum atomic E-state index is -0.405. The van der Waals surface area contributed by atoms with Crippen LogP contribution in [-0.2, 0) is 13.1 Å². The van der Waals surface area contributed by atoms with E-state index in [0.29, 0.717) is 13.1 Å². The minimum absolute atomic E-state index is 0.0860. The molecular weight excluding hydrogens is 310 g/mol. The molecule has 98 valence electrons. The Balaban J connectivity index is 1.95. The molecule has 0 saturated heterocycles. The summed E-state index contributed by atoms with van der Waals surface area (Å²) in [6.07, 6.45) is 3.54. The molecule has 2 aromatic rings. The summed E-state index contributed by atoms with van der Waals surface area (Å²) in [7, 11) is 0. The van der Waals surface area contributed by atoms with E-state index < -0.39 is 4.92 Å². The van der Waals surface area contributed by atoms with Crippen molar-refractivity contribution in [1.82, 2.24) is 10.3 Å². The highest BCUT2D eigenvalue weighted by Gasteiger charge is 2.08. The van der Waals surface area contributed by atoms with Gasteiger partial charge in [0.2, 0.25) is 0 Å². The van der Waals surface area contributed by atoms with E-state index in [9.17, 15) is 10.1 Å². The summed E-state index contributed by atoms with van der Waals surface area (Å²) in [5.41, 5.74) is 2.16. The van der Waals surface area contributed by atoms with Gasteiger partial charge in [0.15, 0.2) is 0 Å². The summed E-state index contributed by atoms with van der Waals surface area (Å²) < 4.78 is 0.736. The molecule has 1 aromatic carbocycles. The highest BCUT2D eigenvalue weighted by molar-refractivity contribution is 9.10. The number of non-ortho nitro benzene ring substituents is 1. The molecular formula is C13H12BrN3O2. The van der Waals surface area contributed by atoms with Gasteiger partial charge in [0.1, 0.15) is 0 Å². The van der Waals surface area contributed by atoms with E-state index >= 15 is 0 Å². The average molecular weight is 322 g/mol. The number of hydrogen-bond donors (Lipinski definition) is 1. The molecule has 0 unspecified atom stereocenters. The molecule has 19 heavy (non-hydrogen) atoms. The third-order valence-electron chi connectivity index (χ3n) is 2.61. The van der Waals surface area contributed by atoms with Gasteiger partial charge in [-0.3, -0.25) is 15.1 Å². The van der Waals surface area contributed by atoms with Gasteiger partial charge in [-0.05, 0) is 23.3 Å². The standard InChI is InChI=1S/C13H12BrN3O2/c14-13-6-12(17(18)19)4-3-11(13)9-16-8-10-2-1-5-15-7-10/h1-7,16H,8-9H2. The first-order valence-electron chi connectivity index (χ1n) is 5.69. The van der Waals surface area contributed by atoms with Crippen LogP contribution in [0.5, 0.6) is 0 Å². The molecule has 0 aliphatic heterocycles. The van der Waals surface area contributed by atoms with Crippen LogP contribution in [0.1, 0.15) is 11.1 Å². The lowest BCUT2D eigenvalue weighted by Gasteiger charge is -2.06. The number of nitrogens with one attached hydrogen (secondary N) is 1. The first-order valence-corrected chi connectivity index (χ1v) is 6.48. The topological polar surface area (TPSA) is 68.1 Å². The van der Waals surface area contributed by atoms with Crippen LogP contribution in [0.4, 0.5) is 5.69 Å². The van der Waals surface area contributed by atoms with Gasteiger partial charge in [-0.25, -0.2) is 0 Å². The number of hydrogen-bond acceptors (Lipinski definition) is 4. The third kappa shape index (κ3) is 3.84. The van der Waals surface area contributed by atoms with Gasteiger partial charge in [0.25, 0.3) is 5.69 Å². The van der Waals surface area contributed by atoms with Crippen LogP contribution >= 0.6 is 15.9 Å². The van der Waals surface area contributed by atoms with E-state index in [4.69, 9.17) is 0 Å². The zero-order chi connectivity index (χ0) is 13.7. The summed E-state index contributed by atoms with van der Waals surface area (Å²) >= 11 is 3.35. The van der Waals surface area contributed by atoms with Crippen LogP contribution in [0.25, 0.3) is 0 Å². The smallest absolute Gasteiger partial charge is 0.270 e. The predicted molar refractivity (Wildman–Crippen MR) is 75.6 cm³/mol. The Kier molecular flexibility index (Phi) is 4.59. The monoisotopic (exact) mass is 321 g/mol. The molecule has 0 saturated carbocycles. The van der Waals surface area contributed by atoms with Crippen molar-refractivity contribution in [2.24, 2.45) is 0 Å². The van der Waals surface area contributed by atoms with Crippen LogP contribution in [0, 0.1) is 10.1 Å². The molecule has 2 rings (SSSR count). The molecule has 0 aliphatic rings. The summed E-state index contributed by atoms with van der Waals surface area (Å²) in [5.74, 6) is 0. The van der Waals surface area contributed by atoms with Crippen molar-refractivity contribution in [3.05, 3.63) is 68.4 Å². The fraction of sp³-hybridized carbons (Fsp3) is 0.154. The van der Waals surface area contributed by atoms with E-state index in [1.807, 2.05) is 12.1 Å². The molecule has 0 spiro atoms. The van der Waals surface area contributed by atoms with Gasteiger partial charge in [-0.15, -0.1) is 0 Å². The van der Waals surface area contributed by atoms with Crippen molar-refractivity contribution >= 4 is 21.6 Å². The molecule has 0 amide bonds. The highest BCUT2D eigenvalue weighted by atomic mass is 79.9. The van der Waals surface area contributed by atoms with E-state index in [0.717, 1.165) is 15.6 Å². The van der Waals surface area contributed by atoms with Gasteiger partial charge < -0.3 is 5.32 Å². The Labute approximate surface area is 119 Å². The number of rotatable bonds is 5. The molecule has 0 fully saturated rings. The third-order valence-corrected chi connectivity index (χ3v) is 3.35. The molecule has 0 radical (unpaired) electrons. The Bertz CT molecular complexity index is 575. The fourth-order valence-electron chi connectivity index (χ4n) is 1.64. The average Bonchev–Trinajstić information content (AvgIpc) is 2.41. The molecule has 0 bridgehead atoms. The Morgan fingerprint density at radius 1 is 1.32 bits per heavy atom. The Hall–Kier alpha value is -1.79. The van der Waals surface area contributed by atoms with Crippen molar-refractivity contribution < 1.29 is 4.92 Å². The van der Waals surface area contributed by atoms with Crippen molar-refractivity contribution in [3.63, 3.8) is 0 Å². The lowest BCUT2D eigenvalue weighted by molar-refractivity contribution is -0.384. The number of nitro benzene ring substituents is 1. The largest absolute Gasteiger partial charge is 0.309 e. The van der Waals surface area contributed by atoms with Crippen molar-refractivity contribution in [2.75, 3.05) is 0 Å². The molecule has 0 aliphatic carbocycles. The molecule has 1 heterocycles. The number of aromatic nitrogens is 1. The first-order chi connectivity index (χ1) is 9.16. The maximum Gasteiger partial charge on any atom is 0.270 e. The Morgan fingerprint density at radius 2 is 2.16 bits per heavy atom. The molecule has 6 heteroatoms. The second-order valence-corrected chi connectivity index (χ2v) is 4.85. The lowest BCUT2D eigenvalue weighted by Crippen LogP contribution is -2.13. The molecule has 1 aromatic heterocycles. The second-order valence-electron chi connectivity index (χ2n) is 4.00. The molecule has 1 N–H and O–H groups in total. The van der Waals surface area contributed by atoms with Crippen LogP contribution < -0.4 is 5.32 Å². The summed E-state index contributed by atoms with van der Waals surface area (Å²) in [6.45, 7) is 1.34. The van der Waals surface area contributed by atoms with Crippen LogP contribution in [0.3, 0.4) is 0 Å². The van der Waals surface area contributed by atoms with Crippen LogP contribution in [-0.4, -0.2) is 9.91 Å². The molecule has 0 atom stereocenters. The molecule has 5 nitrogen and oxygen atoms in total. The normalized spacial score (nSPS) is 10.4. The Morgan fingerprint density at radius 3 is 2.79 bits per heavy atom. The van der Waals surface area contributed by atoms with Crippen molar-refractivity contribution in [1.29, 1.82) is 0 Å². The highest BCUT2D eigenvalue weighted by Crippen LogP contribution is 2.22. The number of halogens is 1. The number of pyridine rings is 1. The number of nitrogens with zero attached hydrogens (tertiary/aromatic N) is 2.